The van der Waals surface area contributed by atoms with Crippen LogP contribution in [-0.2, 0) is 11.2 Å². The van der Waals surface area contributed by atoms with E-state index in [4.69, 9.17) is 14.7 Å². The minimum Gasteiger partial charge on any atom is -0.472 e. The Morgan fingerprint density at radius 2 is 2.39 bits per heavy atom. The molecule has 0 unspecified atom stereocenters. The maximum absolute atomic E-state index is 12.5. The van der Waals surface area contributed by atoms with Gasteiger partial charge in [-0.05, 0) is 24.8 Å². The topological polar surface area (TPSA) is 98.4 Å². The van der Waals surface area contributed by atoms with E-state index >= 15 is 0 Å². The van der Waals surface area contributed by atoms with Crippen LogP contribution >= 0.6 is 0 Å². The molecule has 2 atom stereocenters. The maximum Gasteiger partial charge on any atom is 0.227 e. The van der Waals surface area contributed by atoms with Crippen molar-refractivity contribution in [2.24, 2.45) is 11.7 Å². The molecule has 7 nitrogen and oxygen atoms in total. The van der Waals surface area contributed by atoms with E-state index in [0.29, 0.717) is 37.0 Å². The molecule has 0 spiro atoms. The third-order valence-electron chi connectivity index (χ3n) is 4.48. The third kappa shape index (κ3) is 3.44. The van der Waals surface area contributed by atoms with E-state index in [2.05, 4.69) is 17.1 Å². The molecule has 1 aliphatic rings. The second-order valence-corrected chi connectivity index (χ2v) is 6.03. The van der Waals surface area contributed by atoms with Crippen molar-refractivity contribution < 1.29 is 13.7 Å². The lowest BCUT2D eigenvalue weighted by molar-refractivity contribution is -0.136. The van der Waals surface area contributed by atoms with E-state index in [1.807, 2.05) is 4.90 Å². The fourth-order valence-electron chi connectivity index (χ4n) is 3.14. The second kappa shape index (κ2) is 6.95. The summed E-state index contributed by atoms with van der Waals surface area (Å²) < 4.78 is 10.2. The van der Waals surface area contributed by atoms with Gasteiger partial charge in [0, 0.05) is 32.0 Å². The van der Waals surface area contributed by atoms with Crippen LogP contribution in [0.4, 0.5) is 0 Å². The lowest BCUT2D eigenvalue weighted by atomic mass is 9.90. The number of amides is 1. The first kappa shape index (κ1) is 15.7. The van der Waals surface area contributed by atoms with Gasteiger partial charge in [0.05, 0.1) is 11.8 Å². The molecule has 0 saturated carbocycles. The quantitative estimate of drug-likeness (QED) is 0.903. The summed E-state index contributed by atoms with van der Waals surface area (Å²) in [5.41, 5.74) is 6.61. The molecular formula is C16H22N4O3. The average Bonchev–Trinajstić information content (AvgIpc) is 3.23. The highest BCUT2D eigenvalue weighted by molar-refractivity contribution is 5.76. The van der Waals surface area contributed by atoms with Gasteiger partial charge in [-0.1, -0.05) is 12.1 Å². The van der Waals surface area contributed by atoms with Crippen LogP contribution in [0.2, 0.25) is 0 Å². The summed E-state index contributed by atoms with van der Waals surface area (Å²) >= 11 is 0. The van der Waals surface area contributed by atoms with Crippen LogP contribution in [0.15, 0.2) is 27.5 Å². The van der Waals surface area contributed by atoms with Crippen LogP contribution in [-0.4, -0.2) is 40.1 Å². The fraction of sp³-hybridized carbons (Fsp3) is 0.562. The zero-order valence-electron chi connectivity index (χ0n) is 13.3. The van der Waals surface area contributed by atoms with Crippen molar-refractivity contribution in [2.75, 3.05) is 13.1 Å². The normalized spacial score (nSPS) is 21.6. The molecule has 124 valence electrons. The van der Waals surface area contributed by atoms with Crippen molar-refractivity contribution in [1.29, 1.82) is 0 Å². The first-order valence-electron chi connectivity index (χ1n) is 8.03. The van der Waals surface area contributed by atoms with E-state index in [0.717, 1.165) is 24.9 Å². The Kier molecular flexibility index (Phi) is 4.76. The summed E-state index contributed by atoms with van der Waals surface area (Å²) in [6.45, 7) is 3.46. The molecule has 0 aromatic carbocycles. The molecule has 2 aromatic rings. The molecule has 1 saturated heterocycles. The Balaban J connectivity index is 1.58. The van der Waals surface area contributed by atoms with Crippen LogP contribution in [0.3, 0.4) is 0 Å². The minimum atomic E-state index is 0.107. The standard InChI is InChI=1S/C16H22N4O3/c1-11-3-2-7-20(13(11)9-17)15(21)5-4-14-18-16(19-23-14)12-6-8-22-10-12/h6,8,10-11,13H,2-5,7,9,17H2,1H3/t11-,13+/m0/s1. The fourth-order valence-corrected chi connectivity index (χ4v) is 3.14. The second-order valence-electron chi connectivity index (χ2n) is 6.03. The molecule has 23 heavy (non-hydrogen) atoms. The largest absolute Gasteiger partial charge is 0.472 e. The Bertz CT molecular complexity index is 638. The predicted octanol–water partition coefficient (Wildman–Crippen LogP) is 1.85. The van der Waals surface area contributed by atoms with Crippen molar-refractivity contribution >= 4 is 5.91 Å². The highest BCUT2D eigenvalue weighted by Crippen LogP contribution is 2.23. The molecule has 2 N–H and O–H groups in total. The van der Waals surface area contributed by atoms with Gasteiger partial charge >= 0.3 is 0 Å². The van der Waals surface area contributed by atoms with Gasteiger partial charge in [-0.25, -0.2) is 0 Å². The van der Waals surface area contributed by atoms with E-state index in [-0.39, 0.29) is 11.9 Å². The molecule has 1 amide bonds. The van der Waals surface area contributed by atoms with E-state index in [9.17, 15) is 4.79 Å². The highest BCUT2D eigenvalue weighted by Gasteiger charge is 2.30. The number of carbonyl (C=O) groups is 1. The third-order valence-corrected chi connectivity index (χ3v) is 4.48. The number of rotatable bonds is 5. The van der Waals surface area contributed by atoms with Gasteiger partial charge in [-0.2, -0.15) is 4.98 Å². The van der Waals surface area contributed by atoms with E-state index in [1.165, 1.54) is 0 Å². The lowest BCUT2D eigenvalue weighted by Gasteiger charge is -2.39. The summed E-state index contributed by atoms with van der Waals surface area (Å²) in [6, 6.07) is 1.90. The molecule has 1 fully saturated rings. The molecular weight excluding hydrogens is 296 g/mol. The zero-order valence-corrected chi connectivity index (χ0v) is 13.3. The first-order valence-corrected chi connectivity index (χ1v) is 8.03. The predicted molar refractivity (Wildman–Crippen MR) is 83.3 cm³/mol. The van der Waals surface area contributed by atoms with Gasteiger partial charge in [0.15, 0.2) is 0 Å². The summed E-state index contributed by atoms with van der Waals surface area (Å²) in [5.74, 6) is 1.50. The van der Waals surface area contributed by atoms with Crippen molar-refractivity contribution in [3.8, 4) is 11.4 Å². The number of nitrogens with zero attached hydrogens (tertiary/aromatic N) is 3. The van der Waals surface area contributed by atoms with Crippen molar-refractivity contribution in [3.63, 3.8) is 0 Å². The monoisotopic (exact) mass is 318 g/mol. The molecule has 3 heterocycles. The molecule has 7 heteroatoms. The van der Waals surface area contributed by atoms with Crippen LogP contribution in [0.25, 0.3) is 11.4 Å². The molecule has 3 rings (SSSR count). The number of piperidine rings is 1. The summed E-state index contributed by atoms with van der Waals surface area (Å²) in [7, 11) is 0. The number of nitrogens with two attached hydrogens (primary N) is 1. The first-order chi connectivity index (χ1) is 11.2. The Morgan fingerprint density at radius 1 is 1.52 bits per heavy atom. The van der Waals surface area contributed by atoms with E-state index in [1.54, 1.807) is 18.6 Å². The number of hydrogen-bond donors (Lipinski definition) is 1. The van der Waals surface area contributed by atoms with Crippen molar-refractivity contribution in [2.45, 2.75) is 38.6 Å². The Labute approximate surface area is 134 Å². The van der Waals surface area contributed by atoms with Crippen LogP contribution in [0, 0.1) is 5.92 Å². The van der Waals surface area contributed by atoms with Crippen LogP contribution in [0.1, 0.15) is 32.1 Å². The van der Waals surface area contributed by atoms with E-state index < -0.39 is 0 Å². The summed E-state index contributed by atoms with van der Waals surface area (Å²) in [5, 5.41) is 3.90. The average molecular weight is 318 g/mol. The van der Waals surface area contributed by atoms with Gasteiger partial charge in [0.1, 0.15) is 6.26 Å². The number of hydrogen-bond acceptors (Lipinski definition) is 6. The van der Waals surface area contributed by atoms with Gasteiger partial charge in [-0.15, -0.1) is 0 Å². The van der Waals surface area contributed by atoms with Gasteiger partial charge in [-0.3, -0.25) is 4.79 Å². The Morgan fingerprint density at radius 3 is 3.13 bits per heavy atom. The van der Waals surface area contributed by atoms with Gasteiger partial charge in [0.2, 0.25) is 17.6 Å². The summed E-state index contributed by atoms with van der Waals surface area (Å²) in [4.78, 5) is 18.7. The number of likely N-dealkylation sites (tertiary alicyclic amines) is 1. The number of furan rings is 1. The highest BCUT2D eigenvalue weighted by atomic mass is 16.5. The number of carbonyl (C=O) groups excluding carboxylic acids is 1. The molecule has 2 aromatic heterocycles. The molecule has 1 aliphatic heterocycles. The van der Waals surface area contributed by atoms with Crippen molar-refractivity contribution in [3.05, 3.63) is 24.5 Å². The summed E-state index contributed by atoms with van der Waals surface area (Å²) in [6.07, 6.45) is 6.07. The maximum atomic E-state index is 12.5. The van der Waals surface area contributed by atoms with Crippen LogP contribution < -0.4 is 5.73 Å². The zero-order chi connectivity index (χ0) is 16.2. The lowest BCUT2D eigenvalue weighted by Crippen LogP contribution is -2.51. The smallest absolute Gasteiger partial charge is 0.227 e. The van der Waals surface area contributed by atoms with Crippen molar-refractivity contribution in [1.82, 2.24) is 15.0 Å². The van der Waals surface area contributed by atoms with Crippen LogP contribution in [0.5, 0.6) is 0 Å². The molecule has 0 bridgehead atoms. The van der Waals surface area contributed by atoms with Gasteiger partial charge in [0.25, 0.3) is 0 Å². The molecule has 0 radical (unpaired) electrons. The van der Waals surface area contributed by atoms with Gasteiger partial charge < -0.3 is 19.6 Å². The number of aromatic nitrogens is 2. The number of aryl methyl sites for hydroxylation is 1. The Hall–Kier alpha value is -2.15. The molecule has 0 aliphatic carbocycles. The minimum absolute atomic E-state index is 0.107. The SMILES string of the molecule is C[C@H]1CCCN(C(=O)CCc2nc(-c3ccoc3)no2)[C@@H]1CN.